The number of allylic oxidation sites excluding steroid dienone is 5. The van der Waals surface area contributed by atoms with E-state index in [1.165, 1.54) is 13.0 Å². The first kappa shape index (κ1) is 15.4. The number of aromatic nitrogens is 2. The van der Waals surface area contributed by atoms with Gasteiger partial charge in [-0.2, -0.15) is 0 Å². The molecule has 0 saturated carbocycles. The second-order valence-electron chi connectivity index (χ2n) is 4.73. The van der Waals surface area contributed by atoms with Gasteiger partial charge in [-0.05, 0) is 24.3 Å². The van der Waals surface area contributed by atoms with Crippen LogP contribution < -0.4 is 5.32 Å². The molecule has 0 radical (unpaired) electrons. The van der Waals surface area contributed by atoms with Gasteiger partial charge in [0, 0.05) is 25.2 Å². The van der Waals surface area contributed by atoms with Crippen molar-refractivity contribution in [3.05, 3.63) is 54.9 Å². The van der Waals surface area contributed by atoms with Gasteiger partial charge in [-0.3, -0.25) is 9.59 Å². The Morgan fingerprint density at radius 3 is 2.77 bits per heavy atom. The number of imidazole rings is 1. The molecule has 2 rings (SSSR count). The number of hydrogen-bond donors (Lipinski definition) is 1. The number of amides is 1. The van der Waals surface area contributed by atoms with Crippen LogP contribution in [0.5, 0.6) is 0 Å². The molecule has 0 aliphatic carbocycles. The summed E-state index contributed by atoms with van der Waals surface area (Å²) in [6, 6.07) is 5.56. The van der Waals surface area contributed by atoms with Gasteiger partial charge in [0.05, 0.1) is 11.0 Å². The number of carbonyl (C=O) groups excluding carboxylic acids is 2. The molecular formula is C17H17N3O2. The lowest BCUT2D eigenvalue weighted by atomic mass is 10.2. The highest BCUT2D eigenvalue weighted by Crippen LogP contribution is 2.23. The molecule has 0 atom stereocenters. The molecule has 0 spiro atoms. The molecule has 0 aliphatic rings. The number of carbonyl (C=O) groups is 2. The zero-order chi connectivity index (χ0) is 16.1. The molecular weight excluding hydrogens is 278 g/mol. The fourth-order valence-corrected chi connectivity index (χ4v) is 2.18. The van der Waals surface area contributed by atoms with Crippen LogP contribution in [0, 0.1) is 0 Å². The van der Waals surface area contributed by atoms with Crippen LogP contribution in [0.3, 0.4) is 0 Å². The molecule has 1 heterocycles. The molecule has 1 amide bonds. The Hall–Kier alpha value is -2.95. The average Bonchev–Trinajstić information content (AvgIpc) is 2.80. The number of benzene rings is 1. The van der Waals surface area contributed by atoms with Crippen molar-refractivity contribution in [2.24, 2.45) is 7.05 Å². The number of nitrogens with one attached hydrogen (secondary N) is 1. The van der Waals surface area contributed by atoms with Gasteiger partial charge in [0.2, 0.25) is 5.91 Å². The van der Waals surface area contributed by atoms with E-state index in [4.69, 9.17) is 0 Å². The Kier molecular flexibility index (Phi) is 4.68. The van der Waals surface area contributed by atoms with Crippen LogP contribution in [0.15, 0.2) is 49.1 Å². The second-order valence-corrected chi connectivity index (χ2v) is 4.73. The number of rotatable bonds is 5. The predicted octanol–water partition coefficient (Wildman–Crippen LogP) is 2.86. The van der Waals surface area contributed by atoms with E-state index in [1.807, 2.05) is 29.8 Å². The van der Waals surface area contributed by atoms with Crippen molar-refractivity contribution in [1.82, 2.24) is 9.55 Å². The standard InChI is InChI=1S/C17H17N3O2/c1-4-13(7-5-6-10-21)17-19-15-11-14(18-12(2)22)8-9-16(15)20(17)3/h4-11H,1H2,2-3H3,(H,18,22)/b6-5+,13-7+. The van der Waals surface area contributed by atoms with Crippen molar-refractivity contribution < 1.29 is 9.59 Å². The number of aldehydes is 1. The first-order valence-corrected chi connectivity index (χ1v) is 6.76. The maximum Gasteiger partial charge on any atom is 0.221 e. The Morgan fingerprint density at radius 2 is 2.14 bits per heavy atom. The summed E-state index contributed by atoms with van der Waals surface area (Å²) in [7, 11) is 1.91. The molecule has 112 valence electrons. The Morgan fingerprint density at radius 1 is 1.36 bits per heavy atom. The van der Waals surface area contributed by atoms with Crippen molar-refractivity contribution in [2.45, 2.75) is 6.92 Å². The van der Waals surface area contributed by atoms with E-state index in [9.17, 15) is 9.59 Å². The smallest absolute Gasteiger partial charge is 0.221 e. The molecule has 0 unspecified atom stereocenters. The first-order chi connectivity index (χ1) is 10.6. The van der Waals surface area contributed by atoms with Crippen LogP contribution >= 0.6 is 0 Å². The number of fused-ring (bicyclic) bond motifs is 1. The molecule has 0 fully saturated rings. The second kappa shape index (κ2) is 6.67. The minimum absolute atomic E-state index is 0.124. The monoisotopic (exact) mass is 295 g/mol. The van der Waals surface area contributed by atoms with Gasteiger partial charge in [-0.1, -0.05) is 24.8 Å². The normalized spacial score (nSPS) is 11.8. The number of nitrogens with zero attached hydrogens (tertiary/aromatic N) is 2. The molecule has 0 aliphatic heterocycles. The fraction of sp³-hybridized carbons (Fsp3) is 0.118. The third-order valence-electron chi connectivity index (χ3n) is 3.14. The zero-order valence-electron chi connectivity index (χ0n) is 12.5. The summed E-state index contributed by atoms with van der Waals surface area (Å²) in [6.07, 6.45) is 7.22. The molecule has 0 saturated heterocycles. The third-order valence-corrected chi connectivity index (χ3v) is 3.14. The molecule has 2 aromatic rings. The van der Waals surface area contributed by atoms with Crippen LogP contribution in [-0.4, -0.2) is 21.7 Å². The quantitative estimate of drug-likeness (QED) is 0.524. The summed E-state index contributed by atoms with van der Waals surface area (Å²) in [5.74, 6) is 0.613. The highest BCUT2D eigenvalue weighted by Gasteiger charge is 2.10. The van der Waals surface area contributed by atoms with Gasteiger partial charge < -0.3 is 9.88 Å². The maximum atomic E-state index is 11.1. The van der Waals surface area contributed by atoms with Gasteiger partial charge in [0.25, 0.3) is 0 Å². The number of hydrogen-bond acceptors (Lipinski definition) is 3. The van der Waals surface area contributed by atoms with E-state index >= 15 is 0 Å². The number of aryl methyl sites for hydroxylation is 1. The van der Waals surface area contributed by atoms with E-state index in [0.717, 1.165) is 22.4 Å². The van der Waals surface area contributed by atoms with Crippen LogP contribution in [-0.2, 0) is 16.6 Å². The van der Waals surface area contributed by atoms with Gasteiger partial charge in [-0.25, -0.2) is 4.98 Å². The van der Waals surface area contributed by atoms with Crippen LogP contribution in [0.1, 0.15) is 12.7 Å². The Balaban J connectivity index is 2.51. The van der Waals surface area contributed by atoms with Crippen molar-refractivity contribution in [3.63, 3.8) is 0 Å². The van der Waals surface area contributed by atoms with E-state index in [0.29, 0.717) is 12.0 Å². The lowest BCUT2D eigenvalue weighted by Gasteiger charge is -2.03. The molecule has 0 bridgehead atoms. The zero-order valence-corrected chi connectivity index (χ0v) is 12.5. The van der Waals surface area contributed by atoms with Crippen molar-refractivity contribution in [2.75, 3.05) is 5.32 Å². The summed E-state index contributed by atoms with van der Waals surface area (Å²) in [5.41, 5.74) is 3.22. The van der Waals surface area contributed by atoms with Crippen molar-refractivity contribution in [3.8, 4) is 0 Å². The lowest BCUT2D eigenvalue weighted by Crippen LogP contribution is -2.05. The minimum atomic E-state index is -0.124. The topological polar surface area (TPSA) is 64.0 Å². The van der Waals surface area contributed by atoms with Gasteiger partial charge >= 0.3 is 0 Å². The van der Waals surface area contributed by atoms with E-state index in [-0.39, 0.29) is 5.91 Å². The van der Waals surface area contributed by atoms with Gasteiger partial charge in [0.15, 0.2) is 0 Å². The molecule has 22 heavy (non-hydrogen) atoms. The molecule has 1 aromatic heterocycles. The molecule has 1 aromatic carbocycles. The predicted molar refractivity (Wildman–Crippen MR) is 88.4 cm³/mol. The summed E-state index contributed by atoms with van der Waals surface area (Å²) >= 11 is 0. The summed E-state index contributed by atoms with van der Waals surface area (Å²) in [5, 5.41) is 2.74. The fourth-order valence-electron chi connectivity index (χ4n) is 2.18. The SMILES string of the molecule is C=C/C(=C\C=C\C=O)c1nc2cc(NC(C)=O)ccc2n1C. The highest BCUT2D eigenvalue weighted by molar-refractivity contribution is 5.92. The largest absolute Gasteiger partial charge is 0.327 e. The summed E-state index contributed by atoms with van der Waals surface area (Å²) in [6.45, 7) is 5.25. The van der Waals surface area contributed by atoms with E-state index in [2.05, 4.69) is 16.9 Å². The van der Waals surface area contributed by atoms with Crippen molar-refractivity contribution >= 4 is 34.5 Å². The van der Waals surface area contributed by atoms with Crippen LogP contribution in [0.25, 0.3) is 16.6 Å². The number of anilines is 1. The lowest BCUT2D eigenvalue weighted by molar-refractivity contribution is -0.114. The third kappa shape index (κ3) is 3.20. The van der Waals surface area contributed by atoms with Gasteiger partial charge in [-0.15, -0.1) is 0 Å². The van der Waals surface area contributed by atoms with Gasteiger partial charge in [0.1, 0.15) is 12.1 Å². The Labute approximate surface area is 128 Å². The first-order valence-electron chi connectivity index (χ1n) is 6.76. The maximum absolute atomic E-state index is 11.1. The average molecular weight is 295 g/mol. The summed E-state index contributed by atoms with van der Waals surface area (Å²) < 4.78 is 1.94. The van der Waals surface area contributed by atoms with Crippen LogP contribution in [0.2, 0.25) is 0 Å². The Bertz CT molecular complexity index is 798. The minimum Gasteiger partial charge on any atom is -0.327 e. The molecule has 5 heteroatoms. The molecule has 5 nitrogen and oxygen atoms in total. The molecule has 1 N–H and O–H groups in total. The van der Waals surface area contributed by atoms with Crippen molar-refractivity contribution in [1.29, 1.82) is 0 Å². The van der Waals surface area contributed by atoms with E-state index in [1.54, 1.807) is 18.2 Å². The highest BCUT2D eigenvalue weighted by atomic mass is 16.1. The summed E-state index contributed by atoms with van der Waals surface area (Å²) in [4.78, 5) is 26.1. The van der Waals surface area contributed by atoms with Crippen LogP contribution in [0.4, 0.5) is 5.69 Å². The van der Waals surface area contributed by atoms with E-state index < -0.39 is 0 Å².